The number of pyridine rings is 1. The first-order valence-electron chi connectivity index (χ1n) is 9.12. The molecule has 1 fully saturated rings. The van der Waals surface area contributed by atoms with Gasteiger partial charge in [0.2, 0.25) is 5.88 Å². The van der Waals surface area contributed by atoms with Gasteiger partial charge in [-0.05, 0) is 57.8 Å². The van der Waals surface area contributed by atoms with Crippen molar-refractivity contribution in [3.05, 3.63) is 30.0 Å². The number of ether oxygens (including phenoxy) is 2. The lowest BCUT2D eigenvalue weighted by atomic mass is 10.1. The normalized spacial score (nSPS) is 15.8. The fourth-order valence-corrected chi connectivity index (χ4v) is 4.03. The van der Waals surface area contributed by atoms with E-state index in [0.29, 0.717) is 19.0 Å². The van der Waals surface area contributed by atoms with Gasteiger partial charge in [0.1, 0.15) is 5.60 Å². The summed E-state index contributed by atoms with van der Waals surface area (Å²) in [5.41, 5.74) is 0.471. The fourth-order valence-electron chi connectivity index (χ4n) is 3.00. The Morgan fingerprint density at radius 2 is 1.85 bits per heavy atom. The predicted molar refractivity (Wildman–Crippen MR) is 108 cm³/mol. The molecule has 146 valence electrons. The number of fused-ring (bicyclic) bond motifs is 1. The maximum absolute atomic E-state index is 12.2. The van der Waals surface area contributed by atoms with Crippen LogP contribution in [-0.4, -0.2) is 59.2 Å². The molecular formula is C20H27N3O3S. The highest BCUT2D eigenvalue weighted by molar-refractivity contribution is 7.97. The van der Waals surface area contributed by atoms with Gasteiger partial charge in [-0.1, -0.05) is 6.07 Å². The van der Waals surface area contributed by atoms with E-state index in [1.54, 1.807) is 24.0 Å². The second kappa shape index (κ2) is 7.94. The molecular weight excluding hydrogens is 362 g/mol. The molecule has 0 atom stereocenters. The van der Waals surface area contributed by atoms with E-state index in [2.05, 4.69) is 21.4 Å². The van der Waals surface area contributed by atoms with Crippen molar-refractivity contribution in [2.45, 2.75) is 38.2 Å². The Bertz CT molecular complexity index is 827. The number of rotatable bonds is 3. The molecule has 1 aromatic heterocycles. The molecule has 1 aliphatic heterocycles. The monoisotopic (exact) mass is 389 g/mol. The molecule has 0 radical (unpaired) electrons. The molecule has 27 heavy (non-hydrogen) atoms. The van der Waals surface area contributed by atoms with Crippen molar-refractivity contribution in [2.75, 3.05) is 33.3 Å². The molecule has 1 amide bonds. The van der Waals surface area contributed by atoms with Crippen molar-refractivity contribution in [1.82, 2.24) is 14.2 Å². The minimum Gasteiger partial charge on any atom is -0.481 e. The van der Waals surface area contributed by atoms with Crippen LogP contribution in [0.15, 0.2) is 29.2 Å². The number of benzene rings is 1. The van der Waals surface area contributed by atoms with Crippen LogP contribution in [0.1, 0.15) is 26.5 Å². The molecule has 1 saturated heterocycles. The first-order chi connectivity index (χ1) is 12.8. The summed E-state index contributed by atoms with van der Waals surface area (Å²) in [5.74, 6) is 0.655. The van der Waals surface area contributed by atoms with Gasteiger partial charge in [-0.3, -0.25) is 0 Å². The third-order valence-corrected chi connectivity index (χ3v) is 5.41. The summed E-state index contributed by atoms with van der Waals surface area (Å²) in [6.07, 6.45) is -0.233. The number of hydrogen-bond donors (Lipinski definition) is 0. The van der Waals surface area contributed by atoms with Crippen LogP contribution in [-0.2, 0) is 4.74 Å². The van der Waals surface area contributed by atoms with Crippen LogP contribution < -0.4 is 4.74 Å². The molecule has 3 rings (SSSR count). The lowest BCUT2D eigenvalue weighted by Crippen LogP contribution is -2.47. The van der Waals surface area contributed by atoms with Gasteiger partial charge in [0.25, 0.3) is 0 Å². The van der Waals surface area contributed by atoms with Crippen molar-refractivity contribution in [3.63, 3.8) is 0 Å². The molecule has 7 heteroatoms. The summed E-state index contributed by atoms with van der Waals surface area (Å²) in [5, 5.41) is 2.15. The number of aromatic nitrogens is 1. The molecule has 6 nitrogen and oxygen atoms in total. The van der Waals surface area contributed by atoms with Crippen LogP contribution in [0.4, 0.5) is 4.79 Å². The van der Waals surface area contributed by atoms with Crippen LogP contribution >= 0.6 is 11.9 Å². The van der Waals surface area contributed by atoms with E-state index in [1.807, 2.05) is 39.8 Å². The molecule has 1 aliphatic rings. The highest BCUT2D eigenvalue weighted by atomic mass is 32.2. The smallest absolute Gasteiger partial charge is 0.410 e. The molecule has 2 aromatic rings. The number of amides is 1. The average Bonchev–Trinajstić information content (AvgIpc) is 2.60. The Morgan fingerprint density at radius 1 is 1.15 bits per heavy atom. The SMILES string of the molecule is COc1nc(C)cc2c(SN3CCN(C(=O)OC(C)(C)C)CC3)cccc12. The van der Waals surface area contributed by atoms with Gasteiger partial charge in [0.15, 0.2) is 0 Å². The van der Waals surface area contributed by atoms with Gasteiger partial charge in [-0.2, -0.15) is 0 Å². The van der Waals surface area contributed by atoms with Crippen molar-refractivity contribution in [1.29, 1.82) is 0 Å². The Balaban J connectivity index is 1.69. The number of aryl methyl sites for hydroxylation is 1. The predicted octanol–water partition coefficient (Wildman–Crippen LogP) is 4.11. The Kier molecular flexibility index (Phi) is 5.81. The summed E-state index contributed by atoms with van der Waals surface area (Å²) < 4.78 is 13.2. The van der Waals surface area contributed by atoms with E-state index in [1.165, 1.54) is 4.90 Å². The van der Waals surface area contributed by atoms with E-state index in [9.17, 15) is 4.79 Å². The van der Waals surface area contributed by atoms with E-state index >= 15 is 0 Å². The van der Waals surface area contributed by atoms with Gasteiger partial charge >= 0.3 is 6.09 Å². The summed E-state index contributed by atoms with van der Waals surface area (Å²) in [4.78, 5) is 19.6. The van der Waals surface area contributed by atoms with Gasteiger partial charge < -0.3 is 14.4 Å². The fraction of sp³-hybridized carbons (Fsp3) is 0.500. The molecule has 0 spiro atoms. The van der Waals surface area contributed by atoms with Gasteiger partial charge in [-0.15, -0.1) is 0 Å². The standard InChI is InChI=1S/C20H27N3O3S/c1-14-13-16-15(18(21-14)25-5)7-6-8-17(16)27-23-11-9-22(10-12-23)19(24)26-20(2,3)4/h6-8,13H,9-12H2,1-5H3. The average molecular weight is 390 g/mol. The Morgan fingerprint density at radius 3 is 2.48 bits per heavy atom. The lowest BCUT2D eigenvalue weighted by Gasteiger charge is -2.35. The maximum Gasteiger partial charge on any atom is 0.410 e. The number of methoxy groups -OCH3 is 1. The van der Waals surface area contributed by atoms with Crippen LogP contribution in [0.5, 0.6) is 5.88 Å². The van der Waals surface area contributed by atoms with Crippen molar-refractivity contribution in [3.8, 4) is 5.88 Å². The van der Waals surface area contributed by atoms with Gasteiger partial charge in [0, 0.05) is 47.5 Å². The molecule has 0 N–H and O–H groups in total. The van der Waals surface area contributed by atoms with Crippen LogP contribution in [0.3, 0.4) is 0 Å². The second-order valence-electron chi connectivity index (χ2n) is 7.61. The third kappa shape index (κ3) is 4.84. The topological polar surface area (TPSA) is 54.9 Å². The molecule has 1 aromatic carbocycles. The highest BCUT2D eigenvalue weighted by Crippen LogP contribution is 2.34. The molecule has 0 bridgehead atoms. The van der Waals surface area contributed by atoms with Crippen molar-refractivity contribution >= 4 is 28.8 Å². The number of hydrogen-bond acceptors (Lipinski definition) is 6. The zero-order chi connectivity index (χ0) is 19.6. The van der Waals surface area contributed by atoms with Crippen LogP contribution in [0, 0.1) is 6.92 Å². The summed E-state index contributed by atoms with van der Waals surface area (Å²) in [6.45, 7) is 10.6. The molecule has 0 aliphatic carbocycles. The van der Waals surface area contributed by atoms with Crippen molar-refractivity contribution in [2.24, 2.45) is 0 Å². The highest BCUT2D eigenvalue weighted by Gasteiger charge is 2.26. The number of nitrogens with zero attached hydrogens (tertiary/aromatic N) is 3. The summed E-state index contributed by atoms with van der Waals surface area (Å²) >= 11 is 1.72. The van der Waals surface area contributed by atoms with Crippen LogP contribution in [0.2, 0.25) is 0 Å². The third-order valence-electron chi connectivity index (χ3n) is 4.24. The number of carbonyl (C=O) groups excluding carboxylic acids is 1. The summed E-state index contributed by atoms with van der Waals surface area (Å²) in [6, 6.07) is 8.27. The zero-order valence-corrected chi connectivity index (χ0v) is 17.4. The van der Waals surface area contributed by atoms with E-state index in [0.717, 1.165) is 29.6 Å². The number of piperazine rings is 1. The maximum atomic E-state index is 12.2. The van der Waals surface area contributed by atoms with Crippen LogP contribution in [0.25, 0.3) is 10.8 Å². The van der Waals surface area contributed by atoms with Crippen molar-refractivity contribution < 1.29 is 14.3 Å². The quantitative estimate of drug-likeness (QED) is 0.737. The van der Waals surface area contributed by atoms with Gasteiger partial charge in [0.05, 0.1) is 7.11 Å². The number of carbonyl (C=O) groups is 1. The van der Waals surface area contributed by atoms with E-state index < -0.39 is 5.60 Å². The second-order valence-corrected chi connectivity index (χ2v) is 8.75. The van der Waals surface area contributed by atoms with Gasteiger partial charge in [-0.25, -0.2) is 14.1 Å². The molecule has 0 saturated carbocycles. The van der Waals surface area contributed by atoms with E-state index in [4.69, 9.17) is 9.47 Å². The minimum atomic E-state index is -0.461. The zero-order valence-electron chi connectivity index (χ0n) is 16.6. The first-order valence-corrected chi connectivity index (χ1v) is 9.89. The first kappa shape index (κ1) is 19.8. The summed E-state index contributed by atoms with van der Waals surface area (Å²) in [7, 11) is 1.65. The Labute approximate surface area is 165 Å². The largest absolute Gasteiger partial charge is 0.481 e. The molecule has 2 heterocycles. The molecule has 0 unspecified atom stereocenters. The lowest BCUT2D eigenvalue weighted by molar-refractivity contribution is 0.0197. The Hall–Kier alpha value is -1.99. The van der Waals surface area contributed by atoms with E-state index in [-0.39, 0.29) is 6.09 Å². The minimum absolute atomic E-state index is 0.233.